The van der Waals surface area contributed by atoms with Crippen molar-refractivity contribution in [1.82, 2.24) is 0 Å². The van der Waals surface area contributed by atoms with Crippen molar-refractivity contribution in [2.75, 3.05) is 19.8 Å². The van der Waals surface area contributed by atoms with Crippen LogP contribution in [-0.4, -0.2) is 19.8 Å². The molecule has 0 fully saturated rings. The van der Waals surface area contributed by atoms with Crippen LogP contribution < -0.4 is 15.3 Å². The average molecular weight is 273 g/mol. The molecule has 1 radical (unpaired) electrons. The Bertz CT molecular complexity index is 30.3. The van der Waals surface area contributed by atoms with E-state index in [0.717, 1.165) is 19.3 Å². The number of rotatable bonds is 3. The first-order valence-electron chi connectivity index (χ1n) is 4.49. The van der Waals surface area contributed by atoms with E-state index in [4.69, 9.17) is 0 Å². The van der Waals surface area contributed by atoms with Crippen molar-refractivity contribution < 1.29 is 36.4 Å². The molecule has 0 aromatic heterocycles. The van der Waals surface area contributed by atoms with Gasteiger partial charge in [-0.3, -0.25) is 0 Å². The van der Waals surface area contributed by atoms with E-state index in [1.807, 2.05) is 20.8 Å². The quantitative estimate of drug-likeness (QED) is 0.636. The first-order chi connectivity index (χ1) is 5.74. The predicted molar refractivity (Wildman–Crippen MR) is 45.5 cm³/mol. The van der Waals surface area contributed by atoms with E-state index in [9.17, 15) is 15.3 Å². The smallest absolute Gasteiger partial charge is 0.854 e. The molecule has 0 saturated carbocycles. The van der Waals surface area contributed by atoms with Crippen LogP contribution in [0.1, 0.15) is 40.0 Å². The monoisotopic (exact) mass is 275 g/mol. The van der Waals surface area contributed by atoms with E-state index in [-0.39, 0.29) is 40.9 Å². The van der Waals surface area contributed by atoms with E-state index < -0.39 is 0 Å². The summed E-state index contributed by atoms with van der Waals surface area (Å²) < 4.78 is 0. The molecule has 3 nitrogen and oxygen atoms in total. The molecule has 0 aliphatic carbocycles. The molecular weight excluding hydrogens is 252 g/mol. The number of hydrogen-bond acceptors (Lipinski definition) is 3. The fourth-order valence-corrected chi connectivity index (χ4v) is 0. The van der Waals surface area contributed by atoms with Crippen LogP contribution in [0.4, 0.5) is 0 Å². The second kappa shape index (κ2) is 39.0. The van der Waals surface area contributed by atoms with E-state index >= 15 is 0 Å². The Kier molecular flexibility index (Phi) is 70.2. The van der Waals surface area contributed by atoms with Crippen molar-refractivity contribution in [1.29, 1.82) is 0 Å². The first kappa shape index (κ1) is 23.4. The summed E-state index contributed by atoms with van der Waals surface area (Å²) in [5.41, 5.74) is 0. The SMILES string of the molecule is CCC[O-].CCC[O-].CCC[O-].[Mo+3]. The van der Waals surface area contributed by atoms with Crippen LogP contribution in [0, 0.1) is 0 Å². The van der Waals surface area contributed by atoms with E-state index in [1.165, 1.54) is 0 Å². The Labute approximate surface area is 96.4 Å². The number of hydrogen-bond donors (Lipinski definition) is 0. The summed E-state index contributed by atoms with van der Waals surface area (Å²) in [5, 5.41) is 27.9. The van der Waals surface area contributed by atoms with Crippen molar-refractivity contribution in [2.24, 2.45) is 0 Å². The maximum atomic E-state index is 9.30. The third kappa shape index (κ3) is 110. The standard InChI is InChI=1S/3C3H7O.Mo/c3*1-2-3-4;/h3*2-3H2,1H3;/q3*-1;+3. The van der Waals surface area contributed by atoms with Crippen LogP contribution in [0.3, 0.4) is 0 Å². The first-order valence-corrected chi connectivity index (χ1v) is 4.49. The topological polar surface area (TPSA) is 69.2 Å². The van der Waals surface area contributed by atoms with Gasteiger partial charge in [-0.25, -0.2) is 0 Å². The van der Waals surface area contributed by atoms with Gasteiger partial charge >= 0.3 is 21.1 Å². The zero-order chi connectivity index (χ0) is 10.2. The van der Waals surface area contributed by atoms with Crippen molar-refractivity contribution in [3.05, 3.63) is 0 Å². The summed E-state index contributed by atoms with van der Waals surface area (Å²) in [4.78, 5) is 0. The van der Waals surface area contributed by atoms with Gasteiger partial charge in [-0.2, -0.15) is 0 Å². The van der Waals surface area contributed by atoms with Gasteiger partial charge in [-0.1, -0.05) is 40.0 Å². The van der Waals surface area contributed by atoms with Crippen molar-refractivity contribution in [3.63, 3.8) is 0 Å². The summed E-state index contributed by atoms with van der Waals surface area (Å²) in [6.45, 7) is 5.81. The van der Waals surface area contributed by atoms with Gasteiger partial charge in [0.15, 0.2) is 0 Å². The molecule has 0 saturated heterocycles. The molecule has 0 atom stereocenters. The zero-order valence-electron chi connectivity index (χ0n) is 8.88. The normalized spacial score (nSPS) is 6.92. The molecular formula is C9H21MoO3. The predicted octanol–water partition coefficient (Wildman–Crippen LogP) is -0.732. The van der Waals surface area contributed by atoms with Gasteiger partial charge in [0, 0.05) is 0 Å². The van der Waals surface area contributed by atoms with Crippen LogP contribution in [-0.2, 0) is 21.1 Å². The summed E-state index contributed by atoms with van der Waals surface area (Å²) in [6, 6.07) is 0. The van der Waals surface area contributed by atoms with Crippen LogP contribution in [0.5, 0.6) is 0 Å². The Balaban J connectivity index is -0.0000000450. The van der Waals surface area contributed by atoms with Crippen LogP contribution in [0.2, 0.25) is 0 Å². The minimum absolute atomic E-state index is 0. The van der Waals surface area contributed by atoms with Gasteiger partial charge in [-0.05, 0) is 0 Å². The van der Waals surface area contributed by atoms with Gasteiger partial charge < -0.3 is 15.3 Å². The van der Waals surface area contributed by atoms with Gasteiger partial charge in [0.1, 0.15) is 0 Å². The second-order valence-corrected chi connectivity index (χ2v) is 2.11. The largest absolute Gasteiger partial charge is 3.00 e. The fraction of sp³-hybridized carbons (Fsp3) is 1.00. The Morgan fingerprint density at radius 2 is 0.692 bits per heavy atom. The Morgan fingerprint density at radius 1 is 0.615 bits per heavy atom. The molecule has 0 rings (SSSR count). The van der Waals surface area contributed by atoms with E-state index in [0.29, 0.717) is 0 Å². The Morgan fingerprint density at radius 3 is 0.692 bits per heavy atom. The second-order valence-electron chi connectivity index (χ2n) is 2.11. The summed E-state index contributed by atoms with van der Waals surface area (Å²) in [5.74, 6) is 0. The molecule has 0 heterocycles. The van der Waals surface area contributed by atoms with Crippen molar-refractivity contribution in [3.8, 4) is 0 Å². The molecule has 81 valence electrons. The summed E-state index contributed by atoms with van der Waals surface area (Å²) in [6.07, 6.45) is 2.29. The Hall–Kier alpha value is 0.568. The van der Waals surface area contributed by atoms with Crippen molar-refractivity contribution >= 4 is 0 Å². The molecule has 0 aliphatic heterocycles. The van der Waals surface area contributed by atoms with E-state index in [1.54, 1.807) is 0 Å². The molecule has 0 amide bonds. The summed E-state index contributed by atoms with van der Waals surface area (Å²) >= 11 is 0. The van der Waals surface area contributed by atoms with Gasteiger partial charge in [0.25, 0.3) is 0 Å². The molecule has 4 heteroatoms. The maximum Gasteiger partial charge on any atom is 3.00 e. The molecule has 0 aromatic carbocycles. The molecule has 0 bridgehead atoms. The van der Waals surface area contributed by atoms with Crippen LogP contribution in [0.15, 0.2) is 0 Å². The third-order valence-electron chi connectivity index (χ3n) is 0.612. The molecule has 0 N–H and O–H groups in total. The molecule has 13 heavy (non-hydrogen) atoms. The van der Waals surface area contributed by atoms with Crippen molar-refractivity contribution in [2.45, 2.75) is 40.0 Å². The zero-order valence-corrected chi connectivity index (χ0v) is 10.9. The molecule has 0 unspecified atom stereocenters. The molecule has 0 aliphatic rings. The van der Waals surface area contributed by atoms with Gasteiger partial charge in [-0.15, -0.1) is 19.8 Å². The molecule has 0 spiro atoms. The van der Waals surface area contributed by atoms with Crippen LogP contribution in [0.25, 0.3) is 0 Å². The average Bonchev–Trinajstić information content (AvgIpc) is 2.18. The molecule has 0 aromatic rings. The van der Waals surface area contributed by atoms with Crippen LogP contribution >= 0.6 is 0 Å². The maximum absolute atomic E-state index is 9.30. The fourth-order valence-electron chi connectivity index (χ4n) is 0. The minimum Gasteiger partial charge on any atom is -0.854 e. The van der Waals surface area contributed by atoms with Gasteiger partial charge in [0.05, 0.1) is 0 Å². The summed E-state index contributed by atoms with van der Waals surface area (Å²) in [7, 11) is 0. The third-order valence-corrected chi connectivity index (χ3v) is 0.612. The minimum atomic E-state index is 0. The van der Waals surface area contributed by atoms with E-state index in [2.05, 4.69) is 0 Å². The van der Waals surface area contributed by atoms with Gasteiger partial charge in [0.2, 0.25) is 0 Å².